The van der Waals surface area contributed by atoms with Gasteiger partial charge in [-0.1, -0.05) is 6.07 Å². The summed E-state index contributed by atoms with van der Waals surface area (Å²) in [5.74, 6) is 0.0647. The molecule has 0 spiro atoms. The zero-order valence-electron chi connectivity index (χ0n) is 13.8. The molecule has 2 saturated heterocycles. The third-order valence-corrected chi connectivity index (χ3v) is 4.42. The smallest absolute Gasteiger partial charge is 0.251 e. The maximum Gasteiger partial charge on any atom is 0.251 e. The topological polar surface area (TPSA) is 64.7 Å². The average molecular weight is 353 g/mol. The van der Waals surface area contributed by atoms with Crippen molar-refractivity contribution in [1.29, 1.82) is 0 Å². The van der Waals surface area contributed by atoms with E-state index >= 15 is 0 Å². The maximum atomic E-state index is 12.3. The number of hydrogen-bond acceptors (Lipinski definition) is 4. The van der Waals surface area contributed by atoms with Crippen LogP contribution in [0.15, 0.2) is 24.3 Å². The van der Waals surface area contributed by atoms with Crippen LogP contribution < -0.4 is 15.5 Å². The van der Waals surface area contributed by atoms with Crippen molar-refractivity contribution in [3.05, 3.63) is 29.8 Å². The molecule has 0 atom stereocenters. The minimum absolute atomic E-state index is 0. The van der Waals surface area contributed by atoms with Crippen LogP contribution in [-0.2, 0) is 4.79 Å². The molecule has 2 aliphatic heterocycles. The fraction of sp³-hybridized carbons (Fsp3) is 0.529. The van der Waals surface area contributed by atoms with Crippen LogP contribution in [0.4, 0.5) is 5.69 Å². The van der Waals surface area contributed by atoms with Gasteiger partial charge in [0.05, 0.1) is 0 Å². The first-order valence-corrected chi connectivity index (χ1v) is 8.36. The van der Waals surface area contributed by atoms with Crippen LogP contribution in [0.3, 0.4) is 0 Å². The monoisotopic (exact) mass is 352 g/mol. The van der Waals surface area contributed by atoms with Crippen molar-refractivity contribution in [2.24, 2.45) is 0 Å². The van der Waals surface area contributed by atoms with E-state index in [-0.39, 0.29) is 24.2 Å². The van der Waals surface area contributed by atoms with E-state index in [1.54, 1.807) is 11.0 Å². The summed E-state index contributed by atoms with van der Waals surface area (Å²) in [6.45, 7) is 6.35. The van der Waals surface area contributed by atoms with Gasteiger partial charge in [-0.15, -0.1) is 12.4 Å². The highest BCUT2D eigenvalue weighted by molar-refractivity contribution is 5.99. The van der Waals surface area contributed by atoms with E-state index in [9.17, 15) is 9.59 Å². The molecule has 1 aromatic carbocycles. The van der Waals surface area contributed by atoms with Crippen molar-refractivity contribution in [2.45, 2.75) is 12.8 Å². The number of anilines is 1. The summed E-state index contributed by atoms with van der Waals surface area (Å²) in [4.78, 5) is 28.2. The third kappa shape index (κ3) is 4.69. The number of benzene rings is 1. The van der Waals surface area contributed by atoms with E-state index in [1.807, 2.05) is 18.2 Å². The van der Waals surface area contributed by atoms with Gasteiger partial charge in [-0.25, -0.2) is 0 Å². The molecule has 0 saturated carbocycles. The molecular weight excluding hydrogens is 328 g/mol. The average Bonchev–Trinajstić information content (AvgIpc) is 3.02. The lowest BCUT2D eigenvalue weighted by molar-refractivity contribution is -0.117. The van der Waals surface area contributed by atoms with Crippen LogP contribution in [-0.4, -0.2) is 62.5 Å². The molecular formula is C17H25ClN4O2. The van der Waals surface area contributed by atoms with Crippen molar-refractivity contribution in [2.75, 3.05) is 50.7 Å². The Balaban J connectivity index is 0.00000208. The molecule has 0 aliphatic carbocycles. The number of piperazine rings is 1. The van der Waals surface area contributed by atoms with Crippen LogP contribution in [0.5, 0.6) is 0 Å². The van der Waals surface area contributed by atoms with Gasteiger partial charge in [0, 0.05) is 63.5 Å². The molecule has 6 nitrogen and oxygen atoms in total. The lowest BCUT2D eigenvalue weighted by Crippen LogP contribution is -2.46. The maximum absolute atomic E-state index is 12.3. The fourth-order valence-electron chi connectivity index (χ4n) is 3.10. The second-order valence-electron chi connectivity index (χ2n) is 6.05. The summed E-state index contributed by atoms with van der Waals surface area (Å²) in [5, 5.41) is 6.29. The van der Waals surface area contributed by atoms with Crippen molar-refractivity contribution in [3.8, 4) is 0 Å². The highest BCUT2D eigenvalue weighted by Crippen LogP contribution is 2.22. The zero-order chi connectivity index (χ0) is 16.1. The van der Waals surface area contributed by atoms with Crippen LogP contribution >= 0.6 is 12.4 Å². The Morgan fingerprint density at radius 1 is 1.21 bits per heavy atom. The first-order valence-electron chi connectivity index (χ1n) is 8.36. The molecule has 0 bridgehead atoms. The molecule has 7 heteroatoms. The molecule has 2 fully saturated rings. The van der Waals surface area contributed by atoms with Gasteiger partial charge >= 0.3 is 0 Å². The van der Waals surface area contributed by atoms with Crippen molar-refractivity contribution in [1.82, 2.24) is 15.5 Å². The normalized spacial score (nSPS) is 18.3. The Kier molecular flexibility index (Phi) is 7.02. The molecule has 0 aromatic heterocycles. The number of rotatable bonds is 5. The van der Waals surface area contributed by atoms with E-state index in [4.69, 9.17) is 0 Å². The molecule has 0 unspecified atom stereocenters. The predicted molar refractivity (Wildman–Crippen MR) is 96.9 cm³/mol. The number of amides is 2. The Labute approximate surface area is 149 Å². The van der Waals surface area contributed by atoms with Gasteiger partial charge in [0.2, 0.25) is 5.91 Å². The summed E-state index contributed by atoms with van der Waals surface area (Å²) in [5.41, 5.74) is 1.43. The summed E-state index contributed by atoms with van der Waals surface area (Å²) >= 11 is 0. The molecule has 24 heavy (non-hydrogen) atoms. The van der Waals surface area contributed by atoms with E-state index < -0.39 is 0 Å². The first kappa shape index (κ1) is 18.7. The van der Waals surface area contributed by atoms with Crippen LogP contribution in [0, 0.1) is 0 Å². The number of halogens is 1. The van der Waals surface area contributed by atoms with E-state index in [2.05, 4.69) is 15.5 Å². The first-order chi connectivity index (χ1) is 11.2. The summed E-state index contributed by atoms with van der Waals surface area (Å²) in [6.07, 6.45) is 1.49. The fourth-order valence-corrected chi connectivity index (χ4v) is 3.10. The standard InChI is InChI=1S/C17H24N4O2.ClH/c22-16-5-2-9-21(16)15-4-1-3-14(13-15)17(23)19-8-12-20-10-6-18-7-11-20;/h1,3-4,13,18H,2,5-12H2,(H,19,23);1H. The molecule has 2 heterocycles. The highest BCUT2D eigenvalue weighted by Gasteiger charge is 2.22. The van der Waals surface area contributed by atoms with Crippen LogP contribution in [0.1, 0.15) is 23.2 Å². The van der Waals surface area contributed by atoms with E-state index in [1.165, 1.54) is 0 Å². The molecule has 132 valence electrons. The zero-order valence-corrected chi connectivity index (χ0v) is 14.6. The second kappa shape index (κ2) is 9.01. The van der Waals surface area contributed by atoms with Gasteiger partial charge in [0.1, 0.15) is 0 Å². The number of nitrogens with zero attached hydrogens (tertiary/aromatic N) is 2. The Hall–Kier alpha value is -1.63. The Morgan fingerprint density at radius 3 is 2.71 bits per heavy atom. The third-order valence-electron chi connectivity index (χ3n) is 4.42. The molecule has 2 amide bonds. The minimum atomic E-state index is -0.0753. The van der Waals surface area contributed by atoms with Crippen LogP contribution in [0.25, 0.3) is 0 Å². The molecule has 1 aromatic rings. The minimum Gasteiger partial charge on any atom is -0.351 e. The van der Waals surface area contributed by atoms with Gasteiger partial charge in [-0.3, -0.25) is 14.5 Å². The van der Waals surface area contributed by atoms with Crippen LogP contribution in [0.2, 0.25) is 0 Å². The highest BCUT2D eigenvalue weighted by atomic mass is 35.5. The van der Waals surface area contributed by atoms with Gasteiger partial charge in [-0.2, -0.15) is 0 Å². The lowest BCUT2D eigenvalue weighted by atomic mass is 10.1. The number of carbonyl (C=O) groups is 2. The Morgan fingerprint density at radius 2 is 2.00 bits per heavy atom. The molecule has 2 N–H and O–H groups in total. The van der Waals surface area contributed by atoms with Crippen molar-refractivity contribution < 1.29 is 9.59 Å². The van der Waals surface area contributed by atoms with Gasteiger partial charge in [-0.05, 0) is 24.6 Å². The predicted octanol–water partition coefficient (Wildman–Crippen LogP) is 0.870. The molecule has 3 rings (SSSR count). The summed E-state index contributed by atoms with van der Waals surface area (Å²) < 4.78 is 0. The number of carbonyl (C=O) groups excluding carboxylic acids is 2. The summed E-state index contributed by atoms with van der Waals surface area (Å²) in [7, 11) is 0. The summed E-state index contributed by atoms with van der Waals surface area (Å²) in [6, 6.07) is 7.33. The second-order valence-corrected chi connectivity index (χ2v) is 6.05. The quantitative estimate of drug-likeness (QED) is 0.825. The Bertz CT molecular complexity index is 575. The van der Waals surface area contributed by atoms with Crippen molar-refractivity contribution >= 4 is 29.9 Å². The van der Waals surface area contributed by atoms with E-state index in [0.717, 1.165) is 51.4 Å². The SMILES string of the molecule is Cl.O=C(NCCN1CCNCC1)c1cccc(N2CCCC2=O)c1. The van der Waals surface area contributed by atoms with Crippen molar-refractivity contribution in [3.63, 3.8) is 0 Å². The van der Waals surface area contributed by atoms with Gasteiger partial charge in [0.15, 0.2) is 0 Å². The van der Waals surface area contributed by atoms with Gasteiger partial charge < -0.3 is 15.5 Å². The number of hydrogen-bond donors (Lipinski definition) is 2. The van der Waals surface area contributed by atoms with Gasteiger partial charge in [0.25, 0.3) is 5.91 Å². The molecule has 0 radical (unpaired) electrons. The molecule has 2 aliphatic rings. The van der Waals surface area contributed by atoms with E-state index in [0.29, 0.717) is 18.5 Å². The number of nitrogens with one attached hydrogen (secondary N) is 2. The lowest BCUT2D eigenvalue weighted by Gasteiger charge is -2.27. The largest absolute Gasteiger partial charge is 0.351 e.